The average Bonchev–Trinajstić information content (AvgIpc) is 2.66. The molecule has 0 unspecified atom stereocenters. The molecule has 2 rings (SSSR count). The van der Waals surface area contributed by atoms with Crippen LogP contribution in [0, 0.1) is 11.3 Å². The lowest BCUT2D eigenvalue weighted by atomic mass is 10.0. The normalized spacial score (nSPS) is 11.4. The number of nitrogens with one attached hydrogen (secondary N) is 1. The Kier molecular flexibility index (Phi) is 6.95. The van der Waals surface area contributed by atoms with Gasteiger partial charge in [0.15, 0.2) is 12.7 Å². The number of esters is 1. The number of benzene rings is 2. The van der Waals surface area contributed by atoms with Gasteiger partial charge in [0, 0.05) is 5.69 Å². The molecule has 27 heavy (non-hydrogen) atoms. The van der Waals surface area contributed by atoms with Gasteiger partial charge in [0.05, 0.1) is 11.6 Å². The molecule has 140 valence electrons. The highest BCUT2D eigenvalue weighted by molar-refractivity contribution is 5.95. The summed E-state index contributed by atoms with van der Waals surface area (Å²) in [6.45, 7) is 5.37. The van der Waals surface area contributed by atoms with Crippen molar-refractivity contribution in [2.75, 3.05) is 11.9 Å². The lowest BCUT2D eigenvalue weighted by molar-refractivity contribution is -0.155. The summed E-state index contributed by atoms with van der Waals surface area (Å²) in [6, 6.07) is 15.9. The smallest absolute Gasteiger partial charge is 0.344 e. The average molecular weight is 366 g/mol. The molecule has 0 radical (unpaired) electrons. The van der Waals surface area contributed by atoms with Crippen LogP contribution in [0.25, 0.3) is 0 Å². The summed E-state index contributed by atoms with van der Waals surface area (Å²) in [5.74, 6) is -0.157. The largest absolute Gasteiger partial charge is 0.482 e. The molecule has 2 aromatic rings. The Morgan fingerprint density at radius 3 is 2.44 bits per heavy atom. The molecule has 0 aliphatic heterocycles. The first-order chi connectivity index (χ1) is 12.9. The minimum Gasteiger partial charge on any atom is -0.482 e. The molecule has 0 aliphatic carbocycles. The molecule has 1 N–H and O–H groups in total. The third kappa shape index (κ3) is 6.15. The number of hydrogen-bond acceptors (Lipinski definition) is 5. The summed E-state index contributed by atoms with van der Waals surface area (Å²) < 4.78 is 10.5. The van der Waals surface area contributed by atoms with Crippen LogP contribution in [-0.2, 0) is 14.3 Å². The summed E-state index contributed by atoms with van der Waals surface area (Å²) in [5.41, 5.74) is 2.06. The van der Waals surface area contributed by atoms with Gasteiger partial charge in [0.2, 0.25) is 0 Å². The van der Waals surface area contributed by atoms with Crippen LogP contribution >= 0.6 is 0 Å². The van der Waals surface area contributed by atoms with Crippen molar-refractivity contribution in [3.8, 4) is 11.8 Å². The third-order valence-corrected chi connectivity index (χ3v) is 3.84. The standard InChI is InChI=1S/C21H22N2O4/c1-14(2)17-7-9-19(10-8-17)26-13-20(24)27-15(3)21(25)23-18-6-4-5-16(11-18)12-22/h4-11,14-15H,13H2,1-3H3,(H,23,25)/t15-/m1/s1. The minimum atomic E-state index is -0.991. The van der Waals surface area contributed by atoms with Gasteiger partial charge in [0.25, 0.3) is 5.91 Å². The molecule has 1 atom stereocenters. The van der Waals surface area contributed by atoms with Gasteiger partial charge < -0.3 is 14.8 Å². The van der Waals surface area contributed by atoms with Crippen LogP contribution in [0.1, 0.15) is 37.8 Å². The van der Waals surface area contributed by atoms with Crippen LogP contribution < -0.4 is 10.1 Å². The summed E-state index contributed by atoms with van der Waals surface area (Å²) in [7, 11) is 0. The van der Waals surface area contributed by atoms with E-state index in [1.54, 1.807) is 30.3 Å². The van der Waals surface area contributed by atoms with Gasteiger partial charge in [-0.05, 0) is 48.7 Å². The van der Waals surface area contributed by atoms with Crippen molar-refractivity contribution in [1.82, 2.24) is 0 Å². The van der Waals surface area contributed by atoms with E-state index in [1.165, 1.54) is 18.6 Å². The molecular weight excluding hydrogens is 344 g/mol. The van der Waals surface area contributed by atoms with E-state index in [0.717, 1.165) is 0 Å². The molecule has 0 saturated heterocycles. The fourth-order valence-corrected chi connectivity index (χ4v) is 2.29. The van der Waals surface area contributed by atoms with Crippen LogP contribution in [0.4, 0.5) is 5.69 Å². The fraction of sp³-hybridized carbons (Fsp3) is 0.286. The van der Waals surface area contributed by atoms with Gasteiger partial charge in [-0.3, -0.25) is 4.79 Å². The van der Waals surface area contributed by atoms with Crippen LogP contribution in [0.2, 0.25) is 0 Å². The maximum Gasteiger partial charge on any atom is 0.344 e. The van der Waals surface area contributed by atoms with Crippen LogP contribution in [0.5, 0.6) is 5.75 Å². The molecule has 0 bridgehead atoms. The number of hydrogen-bond donors (Lipinski definition) is 1. The predicted molar refractivity (Wildman–Crippen MR) is 101 cm³/mol. The van der Waals surface area contributed by atoms with E-state index in [9.17, 15) is 9.59 Å². The maximum absolute atomic E-state index is 12.1. The van der Waals surface area contributed by atoms with E-state index in [1.807, 2.05) is 18.2 Å². The topological polar surface area (TPSA) is 88.4 Å². The number of carbonyl (C=O) groups is 2. The minimum absolute atomic E-state index is 0.289. The predicted octanol–water partition coefficient (Wildman–Crippen LogP) is 3.63. The number of rotatable bonds is 7. The van der Waals surface area contributed by atoms with Gasteiger partial charge in [-0.1, -0.05) is 32.0 Å². The Morgan fingerprint density at radius 1 is 1.11 bits per heavy atom. The number of ether oxygens (including phenoxy) is 2. The van der Waals surface area contributed by atoms with E-state index in [2.05, 4.69) is 19.2 Å². The van der Waals surface area contributed by atoms with Gasteiger partial charge in [-0.2, -0.15) is 5.26 Å². The number of amides is 1. The summed E-state index contributed by atoms with van der Waals surface area (Å²) in [5, 5.41) is 11.5. The quantitative estimate of drug-likeness (QED) is 0.756. The van der Waals surface area contributed by atoms with Gasteiger partial charge >= 0.3 is 5.97 Å². The Balaban J connectivity index is 1.81. The lowest BCUT2D eigenvalue weighted by Crippen LogP contribution is -2.31. The highest BCUT2D eigenvalue weighted by Crippen LogP contribution is 2.18. The van der Waals surface area contributed by atoms with Crippen LogP contribution in [-0.4, -0.2) is 24.6 Å². The highest BCUT2D eigenvalue weighted by atomic mass is 16.6. The molecule has 0 aliphatic rings. The van der Waals surface area contributed by atoms with E-state index < -0.39 is 18.0 Å². The van der Waals surface area contributed by atoms with Crippen LogP contribution in [0.3, 0.4) is 0 Å². The van der Waals surface area contributed by atoms with Gasteiger partial charge in [-0.25, -0.2) is 4.79 Å². The number of anilines is 1. The van der Waals surface area contributed by atoms with Crippen molar-refractivity contribution in [2.45, 2.75) is 32.8 Å². The van der Waals surface area contributed by atoms with Gasteiger partial charge in [-0.15, -0.1) is 0 Å². The molecule has 0 saturated carbocycles. The Bertz CT molecular complexity index is 838. The molecule has 6 heteroatoms. The Morgan fingerprint density at radius 2 is 1.81 bits per heavy atom. The molecule has 1 amide bonds. The first-order valence-corrected chi connectivity index (χ1v) is 8.62. The highest BCUT2D eigenvalue weighted by Gasteiger charge is 2.18. The Labute approximate surface area is 158 Å². The van der Waals surface area contributed by atoms with E-state index in [0.29, 0.717) is 22.9 Å². The maximum atomic E-state index is 12.1. The zero-order valence-electron chi connectivity index (χ0n) is 15.6. The Hall–Kier alpha value is -3.33. The number of carbonyl (C=O) groups excluding carboxylic acids is 2. The van der Waals surface area contributed by atoms with Crippen molar-refractivity contribution in [3.63, 3.8) is 0 Å². The van der Waals surface area contributed by atoms with Crippen molar-refractivity contribution < 1.29 is 19.1 Å². The second kappa shape index (κ2) is 9.39. The first-order valence-electron chi connectivity index (χ1n) is 8.62. The number of nitriles is 1. The fourth-order valence-electron chi connectivity index (χ4n) is 2.29. The van der Waals surface area contributed by atoms with E-state index in [4.69, 9.17) is 14.7 Å². The zero-order valence-corrected chi connectivity index (χ0v) is 15.6. The molecule has 0 fully saturated rings. The van der Waals surface area contributed by atoms with Crippen molar-refractivity contribution in [3.05, 3.63) is 59.7 Å². The number of nitrogens with zero attached hydrogens (tertiary/aromatic N) is 1. The molecular formula is C21H22N2O4. The first kappa shape index (κ1) is 20.0. The molecule has 0 aromatic heterocycles. The summed E-state index contributed by atoms with van der Waals surface area (Å²) in [6.07, 6.45) is -0.991. The summed E-state index contributed by atoms with van der Waals surface area (Å²) in [4.78, 5) is 24.0. The second-order valence-corrected chi connectivity index (χ2v) is 6.33. The molecule has 0 spiro atoms. The molecule has 2 aromatic carbocycles. The lowest BCUT2D eigenvalue weighted by Gasteiger charge is -2.14. The van der Waals surface area contributed by atoms with Gasteiger partial charge in [0.1, 0.15) is 5.75 Å². The monoisotopic (exact) mass is 366 g/mol. The molecule has 6 nitrogen and oxygen atoms in total. The van der Waals surface area contributed by atoms with Crippen LogP contribution in [0.15, 0.2) is 48.5 Å². The van der Waals surface area contributed by atoms with Crippen molar-refractivity contribution in [2.24, 2.45) is 0 Å². The zero-order chi connectivity index (χ0) is 19.8. The van der Waals surface area contributed by atoms with Crippen molar-refractivity contribution in [1.29, 1.82) is 5.26 Å². The SMILES string of the molecule is CC(C)c1ccc(OCC(=O)O[C@H](C)C(=O)Nc2cccc(C#N)c2)cc1. The van der Waals surface area contributed by atoms with E-state index in [-0.39, 0.29) is 6.61 Å². The third-order valence-electron chi connectivity index (χ3n) is 3.84. The van der Waals surface area contributed by atoms with Crippen molar-refractivity contribution >= 4 is 17.6 Å². The molecule has 0 heterocycles. The van der Waals surface area contributed by atoms with E-state index >= 15 is 0 Å². The summed E-state index contributed by atoms with van der Waals surface area (Å²) >= 11 is 0. The second-order valence-electron chi connectivity index (χ2n) is 6.33.